The Kier molecular flexibility index (Phi) is 6.37. The van der Waals surface area contributed by atoms with Gasteiger partial charge in [0.25, 0.3) is 0 Å². The van der Waals surface area contributed by atoms with E-state index in [1.54, 1.807) is 11.3 Å². The highest BCUT2D eigenvalue weighted by atomic mass is 32.1. The fourth-order valence-electron chi connectivity index (χ4n) is 2.84. The molecule has 0 saturated heterocycles. The van der Waals surface area contributed by atoms with Gasteiger partial charge < -0.3 is 4.90 Å². The van der Waals surface area contributed by atoms with E-state index in [-0.39, 0.29) is 11.9 Å². The van der Waals surface area contributed by atoms with Gasteiger partial charge in [0.05, 0.1) is 0 Å². The second-order valence-corrected chi connectivity index (χ2v) is 6.89. The predicted octanol–water partition coefficient (Wildman–Crippen LogP) is 4.10. The number of hydrogen-bond donors (Lipinski definition) is 0. The molecule has 0 fully saturated rings. The average molecular weight is 330 g/mol. The van der Waals surface area contributed by atoms with Gasteiger partial charge in [-0.05, 0) is 61.0 Å². The number of aryl methyl sites for hydroxylation is 1. The van der Waals surface area contributed by atoms with E-state index in [1.807, 2.05) is 36.0 Å². The summed E-state index contributed by atoms with van der Waals surface area (Å²) in [6.45, 7) is 5.66. The van der Waals surface area contributed by atoms with Gasteiger partial charge in [0.2, 0.25) is 5.91 Å². The molecular weight excluding hydrogens is 304 g/mol. The maximum Gasteiger partial charge on any atom is 0.244 e. The van der Waals surface area contributed by atoms with E-state index < -0.39 is 0 Å². The number of thiophene rings is 1. The third-order valence-corrected chi connectivity index (χ3v) is 4.72. The molecule has 1 atom stereocenters. The van der Waals surface area contributed by atoms with Crippen molar-refractivity contribution in [1.82, 2.24) is 9.80 Å². The molecule has 2 aromatic rings. The minimum Gasteiger partial charge on any atom is -0.337 e. The van der Waals surface area contributed by atoms with Crippen LogP contribution in [0.3, 0.4) is 0 Å². The van der Waals surface area contributed by atoms with Crippen molar-refractivity contribution >= 4 is 17.2 Å². The maximum atomic E-state index is 13.2. The Balaban J connectivity index is 2.29. The molecule has 1 aromatic heterocycles. The van der Waals surface area contributed by atoms with Crippen molar-refractivity contribution in [3.8, 4) is 0 Å². The first-order valence-electron chi connectivity index (χ1n) is 8.06. The molecule has 4 heteroatoms. The fourth-order valence-corrected chi connectivity index (χ4v) is 3.50. The predicted molar refractivity (Wildman–Crippen MR) is 97.6 cm³/mol. The van der Waals surface area contributed by atoms with Crippen molar-refractivity contribution in [2.75, 3.05) is 20.6 Å². The van der Waals surface area contributed by atoms with E-state index in [2.05, 4.69) is 42.8 Å². The number of carbonyl (C=O) groups excluding carboxylic acids is 1. The van der Waals surface area contributed by atoms with Crippen LogP contribution < -0.4 is 0 Å². The van der Waals surface area contributed by atoms with Gasteiger partial charge in [0.1, 0.15) is 6.04 Å². The number of hydrogen-bond acceptors (Lipinski definition) is 3. The summed E-state index contributed by atoms with van der Waals surface area (Å²) in [5.41, 5.74) is 3.46. The number of nitrogens with zero attached hydrogens (tertiary/aromatic N) is 2. The zero-order valence-electron chi connectivity index (χ0n) is 14.5. The Morgan fingerprint density at radius 2 is 1.96 bits per heavy atom. The number of rotatable bonds is 7. The van der Waals surface area contributed by atoms with Crippen LogP contribution >= 0.6 is 11.3 Å². The van der Waals surface area contributed by atoms with Gasteiger partial charge in [-0.3, -0.25) is 9.69 Å². The van der Waals surface area contributed by atoms with Gasteiger partial charge in [-0.25, -0.2) is 0 Å². The number of benzene rings is 1. The first kappa shape index (κ1) is 17.7. The number of amides is 1. The van der Waals surface area contributed by atoms with Crippen LogP contribution in [0.2, 0.25) is 0 Å². The highest BCUT2D eigenvalue weighted by molar-refractivity contribution is 7.07. The molecule has 0 N–H and O–H groups in total. The molecule has 0 saturated carbocycles. The smallest absolute Gasteiger partial charge is 0.244 e. The topological polar surface area (TPSA) is 23.6 Å². The zero-order valence-corrected chi connectivity index (χ0v) is 15.3. The average Bonchev–Trinajstić information content (AvgIpc) is 3.01. The lowest BCUT2D eigenvalue weighted by atomic mass is 9.99. The Bertz CT molecular complexity index is 622. The Labute approximate surface area is 143 Å². The van der Waals surface area contributed by atoms with E-state index in [9.17, 15) is 4.79 Å². The zero-order chi connectivity index (χ0) is 16.8. The molecule has 0 bridgehead atoms. The van der Waals surface area contributed by atoms with Crippen molar-refractivity contribution in [1.29, 1.82) is 0 Å². The summed E-state index contributed by atoms with van der Waals surface area (Å²) >= 11 is 1.68. The summed E-state index contributed by atoms with van der Waals surface area (Å²) in [4.78, 5) is 17.2. The van der Waals surface area contributed by atoms with Gasteiger partial charge in [0.15, 0.2) is 0 Å². The third kappa shape index (κ3) is 4.43. The quantitative estimate of drug-likeness (QED) is 0.763. The van der Waals surface area contributed by atoms with Gasteiger partial charge >= 0.3 is 0 Å². The van der Waals surface area contributed by atoms with Crippen LogP contribution in [-0.4, -0.2) is 36.3 Å². The number of carbonyl (C=O) groups is 1. The summed E-state index contributed by atoms with van der Waals surface area (Å²) < 4.78 is 0. The summed E-state index contributed by atoms with van der Waals surface area (Å²) in [5, 5.41) is 4.18. The lowest BCUT2D eigenvalue weighted by molar-refractivity contribution is -0.137. The van der Waals surface area contributed by atoms with Crippen molar-refractivity contribution in [3.63, 3.8) is 0 Å². The van der Waals surface area contributed by atoms with Gasteiger partial charge in [0, 0.05) is 13.1 Å². The molecule has 1 aromatic carbocycles. The molecule has 0 aliphatic heterocycles. The summed E-state index contributed by atoms with van der Waals surface area (Å²) in [5.74, 6) is 0.178. The molecule has 23 heavy (non-hydrogen) atoms. The minimum absolute atomic E-state index is 0.178. The van der Waals surface area contributed by atoms with Crippen molar-refractivity contribution in [2.24, 2.45) is 0 Å². The molecule has 1 heterocycles. The summed E-state index contributed by atoms with van der Waals surface area (Å²) in [6.07, 6.45) is 0.962. The second-order valence-electron chi connectivity index (χ2n) is 6.11. The van der Waals surface area contributed by atoms with Crippen molar-refractivity contribution < 1.29 is 4.79 Å². The fraction of sp³-hybridized carbons (Fsp3) is 0.421. The highest BCUT2D eigenvalue weighted by Gasteiger charge is 2.28. The highest BCUT2D eigenvalue weighted by Crippen LogP contribution is 2.25. The van der Waals surface area contributed by atoms with Crippen molar-refractivity contribution in [2.45, 2.75) is 32.9 Å². The lowest BCUT2D eigenvalue weighted by Crippen LogP contribution is -2.40. The largest absolute Gasteiger partial charge is 0.337 e. The Hall–Kier alpha value is -1.65. The van der Waals surface area contributed by atoms with E-state index in [0.29, 0.717) is 6.54 Å². The SMILES string of the molecule is CCCN(Cc1ccsc1)C(=O)C(c1ccccc1C)N(C)C. The normalized spacial score (nSPS) is 12.4. The van der Waals surface area contributed by atoms with Crippen LogP contribution in [0.4, 0.5) is 0 Å². The van der Waals surface area contributed by atoms with Crippen LogP contribution in [0.25, 0.3) is 0 Å². The minimum atomic E-state index is -0.235. The Morgan fingerprint density at radius 1 is 1.22 bits per heavy atom. The third-order valence-electron chi connectivity index (χ3n) is 3.99. The van der Waals surface area contributed by atoms with Crippen LogP contribution in [-0.2, 0) is 11.3 Å². The monoisotopic (exact) mass is 330 g/mol. The van der Waals surface area contributed by atoms with E-state index in [4.69, 9.17) is 0 Å². The van der Waals surface area contributed by atoms with Gasteiger partial charge in [-0.2, -0.15) is 11.3 Å². The summed E-state index contributed by atoms with van der Waals surface area (Å²) in [6, 6.07) is 10.0. The molecule has 124 valence electrons. The lowest BCUT2D eigenvalue weighted by Gasteiger charge is -2.31. The molecule has 2 rings (SSSR count). The standard InChI is InChI=1S/C19H26N2OS/c1-5-11-21(13-16-10-12-23-14-16)19(22)18(20(3)4)17-9-7-6-8-15(17)2/h6-10,12,14,18H,5,11,13H2,1-4H3. The maximum absolute atomic E-state index is 13.2. The Morgan fingerprint density at radius 3 is 2.52 bits per heavy atom. The molecule has 0 spiro atoms. The molecule has 1 unspecified atom stereocenters. The molecule has 0 aliphatic carbocycles. The summed E-state index contributed by atoms with van der Waals surface area (Å²) in [7, 11) is 3.95. The van der Waals surface area contributed by atoms with Gasteiger partial charge in [-0.15, -0.1) is 0 Å². The molecule has 1 amide bonds. The van der Waals surface area contributed by atoms with Crippen molar-refractivity contribution in [3.05, 3.63) is 57.8 Å². The first-order chi connectivity index (χ1) is 11.0. The van der Waals surface area contributed by atoms with E-state index in [0.717, 1.165) is 24.1 Å². The van der Waals surface area contributed by atoms with Crippen LogP contribution in [0.1, 0.15) is 36.1 Å². The molecule has 0 radical (unpaired) electrons. The first-order valence-corrected chi connectivity index (χ1v) is 9.00. The van der Waals surface area contributed by atoms with E-state index in [1.165, 1.54) is 5.56 Å². The van der Waals surface area contributed by atoms with Gasteiger partial charge in [-0.1, -0.05) is 31.2 Å². The number of likely N-dealkylation sites (N-methyl/N-ethyl adjacent to an activating group) is 1. The van der Waals surface area contributed by atoms with Crippen LogP contribution in [0.5, 0.6) is 0 Å². The second kappa shape index (κ2) is 8.27. The molecular formula is C19H26N2OS. The van der Waals surface area contributed by atoms with Crippen LogP contribution in [0, 0.1) is 6.92 Å². The molecule has 3 nitrogen and oxygen atoms in total. The molecule has 0 aliphatic rings. The van der Waals surface area contributed by atoms with E-state index >= 15 is 0 Å². The van der Waals surface area contributed by atoms with Crippen LogP contribution in [0.15, 0.2) is 41.1 Å².